The van der Waals surface area contributed by atoms with Crippen LogP contribution < -0.4 is 20.1 Å². The van der Waals surface area contributed by atoms with Gasteiger partial charge in [-0.15, -0.1) is 18.3 Å². The molecule has 0 unspecified atom stereocenters. The van der Waals surface area contributed by atoms with Crippen LogP contribution in [0.2, 0.25) is 0 Å². The van der Waals surface area contributed by atoms with Gasteiger partial charge in [0.1, 0.15) is 22.8 Å². The first-order valence-corrected chi connectivity index (χ1v) is 11.6. The third kappa shape index (κ3) is 6.85. The van der Waals surface area contributed by atoms with Gasteiger partial charge in [0.15, 0.2) is 5.82 Å². The average molecular weight is 542 g/mol. The maximum Gasteiger partial charge on any atom is 0.573 e. The number of aromatic nitrogens is 3. The van der Waals surface area contributed by atoms with Crippen molar-refractivity contribution < 1.29 is 27.4 Å². The Morgan fingerprint density at radius 2 is 1.79 bits per heavy atom. The number of rotatable bonds is 7. The highest BCUT2D eigenvalue weighted by atomic mass is 32.1. The van der Waals surface area contributed by atoms with Gasteiger partial charge in [-0.1, -0.05) is 30.4 Å². The summed E-state index contributed by atoms with van der Waals surface area (Å²) in [7, 11) is 1.58. The van der Waals surface area contributed by atoms with Gasteiger partial charge in [-0.25, -0.2) is 14.5 Å². The van der Waals surface area contributed by atoms with Crippen molar-refractivity contribution in [2.24, 2.45) is 0 Å². The van der Waals surface area contributed by atoms with E-state index in [2.05, 4.69) is 25.5 Å². The summed E-state index contributed by atoms with van der Waals surface area (Å²) in [6.45, 7) is 2.10. The number of nitrogens with zero attached hydrogens (tertiary/aromatic N) is 3. The van der Waals surface area contributed by atoms with Crippen LogP contribution in [0.4, 0.5) is 18.0 Å². The van der Waals surface area contributed by atoms with E-state index in [4.69, 9.17) is 17.0 Å². The third-order valence-electron chi connectivity index (χ3n) is 5.37. The summed E-state index contributed by atoms with van der Waals surface area (Å²) in [6, 6.07) is 17.5. The second kappa shape index (κ2) is 11.3. The Morgan fingerprint density at radius 3 is 2.47 bits per heavy atom. The fourth-order valence-corrected chi connectivity index (χ4v) is 3.88. The summed E-state index contributed by atoms with van der Waals surface area (Å²) in [5, 5.41) is 9.84. The van der Waals surface area contributed by atoms with Gasteiger partial charge in [-0.05, 0) is 66.6 Å². The number of halogens is 3. The monoisotopic (exact) mass is 541 g/mol. The lowest BCUT2D eigenvalue weighted by Crippen LogP contribution is -2.38. The molecule has 12 heteroatoms. The zero-order chi connectivity index (χ0) is 27.3. The third-order valence-corrected chi connectivity index (χ3v) is 5.69. The van der Waals surface area contributed by atoms with Gasteiger partial charge in [0.05, 0.1) is 12.8 Å². The Balaban J connectivity index is 1.37. The minimum absolute atomic E-state index is 0.227. The van der Waals surface area contributed by atoms with Gasteiger partial charge in [0, 0.05) is 17.7 Å². The van der Waals surface area contributed by atoms with Gasteiger partial charge in [-0.2, -0.15) is 0 Å². The predicted octanol–water partition coefficient (Wildman–Crippen LogP) is 5.32. The van der Waals surface area contributed by atoms with Crippen LogP contribution in [0.5, 0.6) is 11.5 Å². The minimum Gasteiger partial charge on any atom is -0.497 e. The SMILES string of the molecule is COc1ccc(C(=S)NC(=O)NCc2cccc(-c3ncn(-c4ccc(OC(F)(F)F)cc4)n3)c2)c(C)c1. The maximum atomic E-state index is 12.4. The van der Waals surface area contributed by atoms with Gasteiger partial charge >= 0.3 is 12.4 Å². The van der Waals surface area contributed by atoms with E-state index in [0.29, 0.717) is 27.8 Å². The molecule has 0 atom stereocenters. The molecular weight excluding hydrogens is 519 g/mol. The second-order valence-electron chi connectivity index (χ2n) is 8.07. The van der Waals surface area contributed by atoms with E-state index in [1.54, 1.807) is 25.3 Å². The lowest BCUT2D eigenvalue weighted by molar-refractivity contribution is -0.274. The number of nitrogens with one attached hydrogen (secondary N) is 2. The number of amides is 2. The summed E-state index contributed by atoms with van der Waals surface area (Å²) in [6.07, 6.45) is -3.31. The van der Waals surface area contributed by atoms with Crippen LogP contribution in [0, 0.1) is 6.92 Å². The van der Waals surface area contributed by atoms with Gasteiger partial charge in [0.2, 0.25) is 0 Å². The highest BCUT2D eigenvalue weighted by Crippen LogP contribution is 2.24. The summed E-state index contributed by atoms with van der Waals surface area (Å²) in [5.41, 5.74) is 3.61. The van der Waals surface area contributed by atoms with Crippen LogP contribution in [-0.4, -0.2) is 39.3 Å². The summed E-state index contributed by atoms with van der Waals surface area (Å²) >= 11 is 5.36. The first-order chi connectivity index (χ1) is 18.1. The number of carbonyl (C=O) groups excluding carboxylic acids is 1. The molecule has 0 aliphatic rings. The highest BCUT2D eigenvalue weighted by Gasteiger charge is 2.31. The Labute approximate surface area is 221 Å². The number of hydrogen-bond donors (Lipinski definition) is 2. The zero-order valence-corrected chi connectivity index (χ0v) is 21.1. The molecule has 1 heterocycles. The predicted molar refractivity (Wildman–Crippen MR) is 138 cm³/mol. The van der Waals surface area contributed by atoms with Crippen LogP contribution in [0.3, 0.4) is 0 Å². The molecule has 38 heavy (non-hydrogen) atoms. The number of alkyl halides is 3. The molecule has 4 rings (SSSR count). The maximum absolute atomic E-state index is 12.4. The molecule has 4 aromatic rings. The smallest absolute Gasteiger partial charge is 0.497 e. The number of ether oxygens (including phenoxy) is 2. The normalized spacial score (nSPS) is 11.1. The Hall–Kier alpha value is -4.45. The van der Waals surface area contributed by atoms with E-state index in [1.807, 2.05) is 31.2 Å². The molecular formula is C26H22F3N5O3S. The van der Waals surface area contributed by atoms with E-state index in [1.165, 1.54) is 35.3 Å². The van der Waals surface area contributed by atoms with E-state index in [9.17, 15) is 18.0 Å². The van der Waals surface area contributed by atoms with E-state index in [0.717, 1.165) is 16.7 Å². The lowest BCUT2D eigenvalue weighted by atomic mass is 10.1. The van der Waals surface area contributed by atoms with E-state index in [-0.39, 0.29) is 12.3 Å². The lowest BCUT2D eigenvalue weighted by Gasteiger charge is -2.12. The van der Waals surface area contributed by atoms with Crippen molar-refractivity contribution in [2.45, 2.75) is 19.8 Å². The Morgan fingerprint density at radius 1 is 1.05 bits per heavy atom. The molecule has 2 N–H and O–H groups in total. The number of urea groups is 1. The quantitative estimate of drug-likeness (QED) is 0.308. The number of aryl methyl sites for hydroxylation is 1. The molecule has 0 radical (unpaired) electrons. The number of methoxy groups -OCH3 is 1. The molecule has 196 valence electrons. The minimum atomic E-state index is -4.76. The Bertz CT molecular complexity index is 1460. The molecule has 0 spiro atoms. The van der Waals surface area contributed by atoms with E-state index >= 15 is 0 Å². The topological polar surface area (TPSA) is 90.3 Å². The number of thiocarbonyl (C=S) groups is 1. The van der Waals surface area contributed by atoms with Crippen LogP contribution in [0.1, 0.15) is 16.7 Å². The van der Waals surface area contributed by atoms with Crippen molar-refractivity contribution in [3.05, 3.63) is 89.7 Å². The molecule has 8 nitrogen and oxygen atoms in total. The Kier molecular flexibility index (Phi) is 7.91. The van der Waals surface area contributed by atoms with Crippen molar-refractivity contribution in [3.8, 4) is 28.6 Å². The van der Waals surface area contributed by atoms with Crippen LogP contribution in [0.25, 0.3) is 17.1 Å². The largest absolute Gasteiger partial charge is 0.573 e. The standard InChI is InChI=1S/C26H22F3N5O3S/c1-16-12-21(36-2)10-11-22(16)24(38)32-25(35)30-14-17-4-3-5-18(13-17)23-31-15-34(33-23)19-6-8-20(9-7-19)37-26(27,28)29/h3-13,15H,14H2,1-2H3,(H2,30,32,35,38). The number of benzene rings is 3. The molecule has 0 bridgehead atoms. The fraction of sp³-hybridized carbons (Fsp3) is 0.154. The summed E-state index contributed by atoms with van der Waals surface area (Å²) < 4.78 is 47.6. The van der Waals surface area contributed by atoms with Gasteiger partial charge in [-0.3, -0.25) is 5.32 Å². The highest BCUT2D eigenvalue weighted by molar-refractivity contribution is 7.80. The summed E-state index contributed by atoms with van der Waals surface area (Å²) in [5.74, 6) is 0.778. The van der Waals surface area contributed by atoms with Crippen LogP contribution >= 0.6 is 12.2 Å². The molecule has 0 saturated carbocycles. The molecule has 0 fully saturated rings. The summed E-state index contributed by atoms with van der Waals surface area (Å²) in [4.78, 5) is 17.0. The van der Waals surface area contributed by atoms with E-state index < -0.39 is 12.4 Å². The van der Waals surface area contributed by atoms with Crippen LogP contribution in [-0.2, 0) is 6.54 Å². The molecule has 2 amide bonds. The first kappa shape index (κ1) is 26.6. The van der Waals surface area contributed by atoms with Crippen molar-refractivity contribution >= 4 is 23.2 Å². The van der Waals surface area contributed by atoms with Crippen molar-refractivity contribution in [1.29, 1.82) is 0 Å². The van der Waals surface area contributed by atoms with Crippen molar-refractivity contribution in [3.63, 3.8) is 0 Å². The number of hydrogen-bond acceptors (Lipinski definition) is 6. The molecule has 0 aliphatic carbocycles. The van der Waals surface area contributed by atoms with Gasteiger partial charge < -0.3 is 14.8 Å². The molecule has 1 aromatic heterocycles. The van der Waals surface area contributed by atoms with Crippen LogP contribution in [0.15, 0.2) is 73.1 Å². The second-order valence-corrected chi connectivity index (χ2v) is 8.48. The first-order valence-electron chi connectivity index (χ1n) is 11.2. The molecule has 0 saturated heterocycles. The number of carbonyl (C=O) groups is 1. The fourth-order valence-electron chi connectivity index (χ4n) is 3.56. The molecule has 3 aromatic carbocycles. The average Bonchev–Trinajstić information content (AvgIpc) is 3.37. The molecule has 0 aliphatic heterocycles. The van der Waals surface area contributed by atoms with Crippen molar-refractivity contribution in [2.75, 3.05) is 7.11 Å². The van der Waals surface area contributed by atoms with Crippen molar-refractivity contribution in [1.82, 2.24) is 25.4 Å². The van der Waals surface area contributed by atoms with Gasteiger partial charge in [0.25, 0.3) is 0 Å². The zero-order valence-electron chi connectivity index (χ0n) is 20.2.